The third kappa shape index (κ3) is 3.67. The zero-order valence-electron chi connectivity index (χ0n) is 16.4. The Hall–Kier alpha value is -3.38. The van der Waals surface area contributed by atoms with Gasteiger partial charge in [0.25, 0.3) is 5.91 Å². The van der Waals surface area contributed by atoms with Crippen molar-refractivity contribution in [3.8, 4) is 22.1 Å². The summed E-state index contributed by atoms with van der Waals surface area (Å²) in [6, 6.07) is 19.0. The number of nitrogens with one attached hydrogen (secondary N) is 1. The van der Waals surface area contributed by atoms with Crippen LogP contribution < -0.4 is 14.8 Å². The van der Waals surface area contributed by atoms with Crippen LogP contribution in [-0.4, -0.2) is 25.1 Å². The predicted molar refractivity (Wildman–Crippen MR) is 117 cm³/mol. The van der Waals surface area contributed by atoms with Crippen LogP contribution in [0.4, 0.5) is 5.69 Å². The molecule has 0 aliphatic heterocycles. The average molecular weight is 404 g/mol. The molecule has 5 nitrogen and oxygen atoms in total. The third-order valence-electron chi connectivity index (χ3n) is 4.76. The highest BCUT2D eigenvalue weighted by Gasteiger charge is 2.16. The molecule has 0 spiro atoms. The molecule has 0 saturated carbocycles. The predicted octanol–water partition coefficient (Wildman–Crippen LogP) is 5.54. The highest BCUT2D eigenvalue weighted by atomic mass is 32.1. The Kier molecular flexibility index (Phi) is 5.18. The van der Waals surface area contributed by atoms with Gasteiger partial charge in [-0.1, -0.05) is 24.3 Å². The molecule has 6 heteroatoms. The van der Waals surface area contributed by atoms with E-state index >= 15 is 0 Å². The van der Waals surface area contributed by atoms with Gasteiger partial charge in [0.2, 0.25) is 0 Å². The lowest BCUT2D eigenvalue weighted by Crippen LogP contribution is -2.14. The highest BCUT2D eigenvalue weighted by Crippen LogP contribution is 2.35. The van der Waals surface area contributed by atoms with Gasteiger partial charge >= 0.3 is 0 Å². The van der Waals surface area contributed by atoms with E-state index in [1.165, 1.54) is 7.11 Å². The van der Waals surface area contributed by atoms with Crippen molar-refractivity contribution in [1.29, 1.82) is 0 Å². The minimum absolute atomic E-state index is 0.242. The summed E-state index contributed by atoms with van der Waals surface area (Å²) < 4.78 is 11.7. The second-order valence-corrected chi connectivity index (χ2v) is 7.52. The Balaban J connectivity index is 1.66. The van der Waals surface area contributed by atoms with Crippen molar-refractivity contribution in [1.82, 2.24) is 4.98 Å². The van der Waals surface area contributed by atoms with Gasteiger partial charge < -0.3 is 14.8 Å². The van der Waals surface area contributed by atoms with Crippen LogP contribution in [0.3, 0.4) is 0 Å². The standard InChI is InChI=1S/C23H20N2O3S/c1-14-16(23-25-19-8-4-5-10-21(19)29-23)7-6-9-18(14)24-22(26)17-12-11-15(27-2)13-20(17)28-3/h4-13H,1-3H3,(H,24,26). The van der Waals surface area contributed by atoms with Crippen molar-refractivity contribution in [2.75, 3.05) is 19.5 Å². The lowest BCUT2D eigenvalue weighted by atomic mass is 10.1. The molecule has 29 heavy (non-hydrogen) atoms. The fourth-order valence-corrected chi connectivity index (χ4v) is 4.21. The number of thiazole rings is 1. The molecule has 0 aliphatic rings. The van der Waals surface area contributed by atoms with Gasteiger partial charge in [-0.15, -0.1) is 11.3 Å². The molecule has 0 unspecified atom stereocenters. The molecule has 0 atom stereocenters. The molecule has 1 aromatic heterocycles. The van der Waals surface area contributed by atoms with Crippen molar-refractivity contribution in [2.45, 2.75) is 6.92 Å². The van der Waals surface area contributed by atoms with E-state index in [4.69, 9.17) is 14.5 Å². The molecule has 0 aliphatic carbocycles. The summed E-state index contributed by atoms with van der Waals surface area (Å²) in [6.07, 6.45) is 0. The minimum Gasteiger partial charge on any atom is -0.497 e. The fourth-order valence-electron chi connectivity index (χ4n) is 3.17. The Labute approximate surface area is 172 Å². The van der Waals surface area contributed by atoms with E-state index in [0.29, 0.717) is 17.1 Å². The van der Waals surface area contributed by atoms with Crippen LogP contribution in [0.5, 0.6) is 11.5 Å². The van der Waals surface area contributed by atoms with Gasteiger partial charge in [-0.3, -0.25) is 4.79 Å². The number of methoxy groups -OCH3 is 2. The second kappa shape index (κ2) is 7.93. The molecule has 3 aromatic carbocycles. The number of hydrogen-bond donors (Lipinski definition) is 1. The quantitative estimate of drug-likeness (QED) is 0.474. The molecule has 0 saturated heterocycles. The van der Waals surface area contributed by atoms with Gasteiger partial charge in [-0.05, 0) is 42.8 Å². The summed E-state index contributed by atoms with van der Waals surface area (Å²) in [5, 5.41) is 3.93. The van der Waals surface area contributed by atoms with Crippen molar-refractivity contribution < 1.29 is 14.3 Å². The molecular weight excluding hydrogens is 384 g/mol. The first-order chi connectivity index (χ1) is 14.1. The van der Waals surface area contributed by atoms with Crippen LogP contribution in [-0.2, 0) is 0 Å². The number of benzene rings is 3. The van der Waals surface area contributed by atoms with Gasteiger partial charge in [-0.2, -0.15) is 0 Å². The number of para-hydroxylation sites is 1. The maximum atomic E-state index is 12.9. The van der Waals surface area contributed by atoms with Gasteiger partial charge in [0, 0.05) is 17.3 Å². The normalized spacial score (nSPS) is 10.7. The summed E-state index contributed by atoms with van der Waals surface area (Å²) >= 11 is 1.64. The van der Waals surface area contributed by atoms with Crippen LogP contribution >= 0.6 is 11.3 Å². The van der Waals surface area contributed by atoms with Crippen LogP contribution in [0.25, 0.3) is 20.8 Å². The molecule has 0 fully saturated rings. The number of carbonyl (C=O) groups is 1. The number of ether oxygens (including phenoxy) is 2. The van der Waals surface area contributed by atoms with Gasteiger partial charge in [-0.25, -0.2) is 4.98 Å². The first kappa shape index (κ1) is 19.0. The summed E-state index contributed by atoms with van der Waals surface area (Å²) in [4.78, 5) is 17.6. The maximum absolute atomic E-state index is 12.9. The van der Waals surface area contributed by atoms with Crippen LogP contribution in [0.15, 0.2) is 60.7 Å². The summed E-state index contributed by atoms with van der Waals surface area (Å²) in [5.41, 5.74) is 4.13. The molecule has 0 bridgehead atoms. The van der Waals surface area contributed by atoms with Crippen molar-refractivity contribution >= 4 is 33.1 Å². The van der Waals surface area contributed by atoms with Crippen molar-refractivity contribution in [3.05, 3.63) is 71.8 Å². The Morgan fingerprint density at radius 2 is 1.83 bits per heavy atom. The second-order valence-electron chi connectivity index (χ2n) is 6.49. The highest BCUT2D eigenvalue weighted by molar-refractivity contribution is 7.21. The fraction of sp³-hybridized carbons (Fsp3) is 0.130. The molecule has 1 heterocycles. The number of anilines is 1. The third-order valence-corrected chi connectivity index (χ3v) is 5.83. The first-order valence-electron chi connectivity index (χ1n) is 9.09. The van der Waals surface area contributed by atoms with E-state index in [1.54, 1.807) is 36.6 Å². The Bertz CT molecular complexity index is 1170. The number of nitrogens with zero attached hydrogens (tertiary/aromatic N) is 1. The smallest absolute Gasteiger partial charge is 0.259 e. The van der Waals surface area contributed by atoms with Crippen LogP contribution in [0.1, 0.15) is 15.9 Å². The maximum Gasteiger partial charge on any atom is 0.259 e. The number of hydrogen-bond acceptors (Lipinski definition) is 5. The summed E-state index contributed by atoms with van der Waals surface area (Å²) in [6.45, 7) is 1.99. The largest absolute Gasteiger partial charge is 0.497 e. The molecule has 146 valence electrons. The van der Waals surface area contributed by atoms with E-state index in [9.17, 15) is 4.79 Å². The minimum atomic E-state index is -0.242. The van der Waals surface area contributed by atoms with Crippen molar-refractivity contribution in [3.63, 3.8) is 0 Å². The topological polar surface area (TPSA) is 60.5 Å². The zero-order valence-corrected chi connectivity index (χ0v) is 17.2. The average Bonchev–Trinajstić information content (AvgIpc) is 3.18. The number of aromatic nitrogens is 1. The number of carbonyl (C=O) groups excluding carboxylic acids is 1. The number of fused-ring (bicyclic) bond motifs is 1. The van der Waals surface area contributed by atoms with E-state index < -0.39 is 0 Å². The monoisotopic (exact) mass is 404 g/mol. The van der Waals surface area contributed by atoms with E-state index in [2.05, 4.69) is 11.4 Å². The Morgan fingerprint density at radius 1 is 1.00 bits per heavy atom. The van der Waals surface area contributed by atoms with Crippen molar-refractivity contribution in [2.24, 2.45) is 0 Å². The number of rotatable bonds is 5. The SMILES string of the molecule is COc1ccc(C(=O)Nc2cccc(-c3nc4ccccc4s3)c2C)c(OC)c1. The van der Waals surface area contributed by atoms with Gasteiger partial charge in [0.1, 0.15) is 16.5 Å². The van der Waals surface area contributed by atoms with Crippen LogP contribution in [0.2, 0.25) is 0 Å². The number of amides is 1. The van der Waals surface area contributed by atoms with E-state index in [-0.39, 0.29) is 5.91 Å². The lowest BCUT2D eigenvalue weighted by molar-refractivity contribution is 0.102. The summed E-state index contributed by atoms with van der Waals surface area (Å²) in [5.74, 6) is 0.850. The van der Waals surface area contributed by atoms with E-state index in [1.807, 2.05) is 43.3 Å². The zero-order chi connectivity index (χ0) is 20.4. The van der Waals surface area contributed by atoms with Crippen LogP contribution in [0, 0.1) is 6.92 Å². The Morgan fingerprint density at radius 3 is 2.59 bits per heavy atom. The molecule has 0 radical (unpaired) electrons. The van der Waals surface area contributed by atoms with Gasteiger partial charge in [0.15, 0.2) is 0 Å². The molecule has 1 amide bonds. The molecular formula is C23H20N2O3S. The first-order valence-corrected chi connectivity index (χ1v) is 9.91. The summed E-state index contributed by atoms with van der Waals surface area (Å²) in [7, 11) is 3.11. The molecule has 4 rings (SSSR count). The molecule has 1 N–H and O–H groups in total. The van der Waals surface area contributed by atoms with Gasteiger partial charge in [0.05, 0.1) is 30.0 Å². The molecule has 4 aromatic rings. The lowest BCUT2D eigenvalue weighted by Gasteiger charge is -2.13. The van der Waals surface area contributed by atoms with E-state index in [0.717, 1.165) is 32.0 Å².